The van der Waals surface area contributed by atoms with E-state index in [0.717, 1.165) is 24.3 Å². The lowest BCUT2D eigenvalue weighted by Gasteiger charge is -2.12. The molecule has 0 radical (unpaired) electrons. The van der Waals surface area contributed by atoms with Crippen LogP contribution in [-0.2, 0) is 7.05 Å². The fraction of sp³-hybridized carbons (Fsp3) is 0.320. The van der Waals surface area contributed by atoms with Gasteiger partial charge in [0.15, 0.2) is 17.7 Å². The fourth-order valence-corrected chi connectivity index (χ4v) is 3.93. The number of pyridine rings is 1. The van der Waals surface area contributed by atoms with Crippen molar-refractivity contribution in [3.63, 3.8) is 0 Å². The van der Waals surface area contributed by atoms with Crippen LogP contribution >= 0.6 is 11.8 Å². The van der Waals surface area contributed by atoms with Gasteiger partial charge in [-0.1, -0.05) is 23.9 Å². The molecule has 2 rings (SSSR count). The van der Waals surface area contributed by atoms with E-state index in [2.05, 4.69) is 65.6 Å². The molecule has 0 aliphatic heterocycles. The lowest BCUT2D eigenvalue weighted by Crippen LogP contribution is -2.81. The standard InChI is InChI=1S/C25H33N2O3S/c1-6-7-11-21(26-15-10-17-31-24-12-8-9-16-27(24)2)14-13-20-18-22(28-3)25(30-5)23(19-20)29-4/h6-9,11-14,16,18-19,26H,10,15,17H2,1-5H3/q+1/p+1/b7-6-,14-13+,21-11-. The highest BCUT2D eigenvalue weighted by Crippen LogP contribution is 2.38. The van der Waals surface area contributed by atoms with E-state index in [9.17, 15) is 0 Å². The van der Waals surface area contributed by atoms with Gasteiger partial charge in [-0.05, 0) is 48.9 Å². The highest BCUT2D eigenvalue weighted by molar-refractivity contribution is 7.99. The maximum atomic E-state index is 5.45. The van der Waals surface area contributed by atoms with Crippen molar-refractivity contribution in [2.45, 2.75) is 18.4 Å². The SMILES string of the molecule is C\C=C/C=C(/C=C/c1cc(OC)c(OC)c(OC)c1)[NH2+]CCCSc1cccc[n+]1C. The van der Waals surface area contributed by atoms with Gasteiger partial charge in [0.05, 0.1) is 27.9 Å². The van der Waals surface area contributed by atoms with Crippen LogP contribution in [0.5, 0.6) is 17.2 Å². The van der Waals surface area contributed by atoms with Gasteiger partial charge in [0, 0.05) is 24.3 Å². The summed E-state index contributed by atoms with van der Waals surface area (Å²) in [5, 5.41) is 3.56. The van der Waals surface area contributed by atoms with Crippen LogP contribution in [0, 0.1) is 0 Å². The summed E-state index contributed by atoms with van der Waals surface area (Å²) in [6.45, 7) is 3.04. The molecule has 0 saturated carbocycles. The largest absolute Gasteiger partial charge is 0.493 e. The van der Waals surface area contributed by atoms with Gasteiger partial charge in [-0.15, -0.1) is 0 Å². The Morgan fingerprint density at radius 3 is 2.45 bits per heavy atom. The van der Waals surface area contributed by atoms with E-state index in [1.807, 2.05) is 36.9 Å². The molecule has 1 heterocycles. The molecule has 31 heavy (non-hydrogen) atoms. The summed E-state index contributed by atoms with van der Waals surface area (Å²) in [7, 11) is 6.95. The number of nitrogens with two attached hydrogens (primary N) is 1. The van der Waals surface area contributed by atoms with Crippen molar-refractivity contribution in [2.75, 3.05) is 33.6 Å². The van der Waals surface area contributed by atoms with Crippen molar-refractivity contribution in [1.29, 1.82) is 0 Å². The van der Waals surface area contributed by atoms with E-state index in [1.54, 1.807) is 21.3 Å². The molecule has 0 saturated heterocycles. The molecular weight excluding hydrogens is 408 g/mol. The molecule has 0 spiro atoms. The van der Waals surface area contributed by atoms with E-state index in [4.69, 9.17) is 14.2 Å². The normalized spacial score (nSPS) is 12.0. The summed E-state index contributed by atoms with van der Waals surface area (Å²) in [4.78, 5) is 0. The van der Waals surface area contributed by atoms with Crippen molar-refractivity contribution in [1.82, 2.24) is 0 Å². The number of quaternary nitrogens is 1. The molecule has 2 aromatic rings. The van der Waals surface area contributed by atoms with Crippen molar-refractivity contribution < 1.29 is 24.1 Å². The molecule has 0 bridgehead atoms. The highest BCUT2D eigenvalue weighted by Gasteiger charge is 2.12. The first-order chi connectivity index (χ1) is 15.1. The summed E-state index contributed by atoms with van der Waals surface area (Å²) >= 11 is 1.89. The first kappa shape index (κ1) is 24.6. The van der Waals surface area contributed by atoms with Gasteiger partial charge in [0.25, 0.3) is 0 Å². The first-order valence-electron chi connectivity index (χ1n) is 10.3. The number of nitrogens with zero attached hydrogens (tertiary/aromatic N) is 1. The zero-order valence-electron chi connectivity index (χ0n) is 19.1. The second-order valence-corrected chi connectivity index (χ2v) is 7.94. The number of benzene rings is 1. The van der Waals surface area contributed by atoms with Crippen LogP contribution in [0.15, 0.2) is 71.6 Å². The smallest absolute Gasteiger partial charge is 0.239 e. The topological polar surface area (TPSA) is 48.2 Å². The van der Waals surface area contributed by atoms with Crippen LogP contribution in [0.2, 0.25) is 0 Å². The van der Waals surface area contributed by atoms with Crippen LogP contribution in [0.4, 0.5) is 0 Å². The molecule has 0 aliphatic rings. The second kappa shape index (κ2) is 13.6. The molecule has 6 heteroatoms. The van der Waals surface area contributed by atoms with Crippen molar-refractivity contribution in [2.24, 2.45) is 7.05 Å². The summed E-state index contributed by atoms with van der Waals surface area (Å²) in [5.74, 6) is 2.98. The predicted octanol–water partition coefficient (Wildman–Crippen LogP) is 3.76. The summed E-state index contributed by atoms with van der Waals surface area (Å²) in [6.07, 6.45) is 13.6. The molecule has 5 nitrogen and oxygen atoms in total. The van der Waals surface area contributed by atoms with Crippen molar-refractivity contribution >= 4 is 17.8 Å². The molecule has 2 N–H and O–H groups in total. The van der Waals surface area contributed by atoms with E-state index in [0.29, 0.717) is 17.2 Å². The van der Waals surface area contributed by atoms with Crippen LogP contribution in [0.25, 0.3) is 6.08 Å². The van der Waals surface area contributed by atoms with E-state index < -0.39 is 0 Å². The van der Waals surface area contributed by atoms with Gasteiger partial charge in [-0.2, -0.15) is 4.57 Å². The fourth-order valence-electron chi connectivity index (χ4n) is 2.98. The maximum absolute atomic E-state index is 5.45. The minimum Gasteiger partial charge on any atom is -0.493 e. The summed E-state index contributed by atoms with van der Waals surface area (Å²) < 4.78 is 18.5. The molecule has 1 aromatic heterocycles. The number of allylic oxidation sites excluding steroid dienone is 4. The highest BCUT2D eigenvalue weighted by atomic mass is 32.2. The predicted molar refractivity (Wildman–Crippen MR) is 128 cm³/mol. The molecule has 0 fully saturated rings. The zero-order valence-corrected chi connectivity index (χ0v) is 19.9. The number of methoxy groups -OCH3 is 3. The lowest BCUT2D eigenvalue weighted by atomic mass is 10.1. The average molecular weight is 443 g/mol. The lowest BCUT2D eigenvalue weighted by molar-refractivity contribution is -0.708. The van der Waals surface area contributed by atoms with E-state index in [1.165, 1.54) is 10.7 Å². The third-order valence-corrected chi connectivity index (χ3v) is 5.83. The summed E-state index contributed by atoms with van der Waals surface area (Å²) in [5.41, 5.74) is 2.16. The van der Waals surface area contributed by atoms with Crippen LogP contribution in [0.1, 0.15) is 18.9 Å². The molecule has 0 unspecified atom stereocenters. The molecule has 0 aliphatic carbocycles. The molecule has 166 valence electrons. The first-order valence-corrected chi connectivity index (χ1v) is 11.3. The van der Waals surface area contributed by atoms with Crippen LogP contribution < -0.4 is 24.1 Å². The van der Waals surface area contributed by atoms with Crippen molar-refractivity contribution in [3.05, 3.63) is 72.1 Å². The number of ether oxygens (including phenoxy) is 3. The van der Waals surface area contributed by atoms with Gasteiger partial charge >= 0.3 is 0 Å². The Kier molecular flexibility index (Phi) is 10.8. The van der Waals surface area contributed by atoms with Gasteiger partial charge in [-0.3, -0.25) is 0 Å². The Hall–Kier alpha value is -2.70. The van der Waals surface area contributed by atoms with Gasteiger partial charge in [0.2, 0.25) is 10.8 Å². The Morgan fingerprint density at radius 1 is 1.10 bits per heavy atom. The quantitative estimate of drug-likeness (QED) is 0.235. The third kappa shape index (κ3) is 7.81. The summed E-state index contributed by atoms with van der Waals surface area (Å²) in [6, 6.07) is 10.2. The molecule has 0 amide bonds. The number of rotatable bonds is 12. The van der Waals surface area contributed by atoms with Crippen molar-refractivity contribution in [3.8, 4) is 17.2 Å². The van der Waals surface area contributed by atoms with Crippen LogP contribution in [-0.4, -0.2) is 33.6 Å². The Balaban J connectivity index is 2.00. The molecule has 0 atom stereocenters. The van der Waals surface area contributed by atoms with E-state index in [-0.39, 0.29) is 0 Å². The number of hydrogen-bond acceptors (Lipinski definition) is 4. The zero-order chi connectivity index (χ0) is 22.5. The van der Waals surface area contributed by atoms with Gasteiger partial charge in [-0.25, -0.2) is 0 Å². The van der Waals surface area contributed by atoms with E-state index >= 15 is 0 Å². The Bertz CT molecular complexity index is 898. The minimum atomic E-state index is 0.600. The van der Waals surface area contributed by atoms with Gasteiger partial charge < -0.3 is 19.5 Å². The third-order valence-electron chi connectivity index (χ3n) is 4.62. The number of aryl methyl sites for hydroxylation is 1. The number of thioether (sulfide) groups is 1. The second-order valence-electron chi connectivity index (χ2n) is 6.83. The molecular formula is C25H34N2O3S+2. The molecule has 1 aromatic carbocycles. The van der Waals surface area contributed by atoms with Gasteiger partial charge in [0.1, 0.15) is 12.7 Å². The average Bonchev–Trinajstić information content (AvgIpc) is 2.80. The monoisotopic (exact) mass is 442 g/mol. The Morgan fingerprint density at radius 2 is 1.84 bits per heavy atom. The van der Waals surface area contributed by atoms with Crippen LogP contribution in [0.3, 0.4) is 0 Å². The minimum absolute atomic E-state index is 0.600. The number of aromatic nitrogens is 1. The Labute approximate surface area is 190 Å². The number of hydrogen-bond donors (Lipinski definition) is 1. The maximum Gasteiger partial charge on any atom is 0.239 e.